The van der Waals surface area contributed by atoms with Gasteiger partial charge in [-0.3, -0.25) is 4.79 Å². The average Bonchev–Trinajstić information content (AvgIpc) is 2.32. The van der Waals surface area contributed by atoms with Crippen LogP contribution < -0.4 is 5.32 Å². The second-order valence-corrected chi connectivity index (χ2v) is 4.29. The van der Waals surface area contributed by atoms with Crippen molar-refractivity contribution in [1.29, 1.82) is 0 Å². The van der Waals surface area contributed by atoms with Crippen molar-refractivity contribution in [2.24, 2.45) is 0 Å². The van der Waals surface area contributed by atoms with Crippen LogP contribution in [0.15, 0.2) is 18.2 Å². The molecule has 3 heteroatoms. The number of hydrogen-bond acceptors (Lipinski definition) is 3. The summed E-state index contributed by atoms with van der Waals surface area (Å²) in [6, 6.07) is 6.46. The van der Waals surface area contributed by atoms with Crippen molar-refractivity contribution in [2.45, 2.75) is 33.2 Å². The summed E-state index contributed by atoms with van der Waals surface area (Å²) in [4.78, 5) is 10.9. The number of hydrogen-bond donors (Lipinski definition) is 1. The average molecular weight is 235 g/mol. The van der Waals surface area contributed by atoms with Crippen LogP contribution in [0.2, 0.25) is 0 Å². The molecule has 17 heavy (non-hydrogen) atoms. The molecule has 0 aliphatic rings. The maximum atomic E-state index is 10.9. The molecule has 0 bridgehead atoms. The zero-order valence-corrected chi connectivity index (χ0v) is 10.9. The van der Waals surface area contributed by atoms with Crippen LogP contribution in [0.4, 0.5) is 0 Å². The third kappa shape index (κ3) is 5.00. The van der Waals surface area contributed by atoms with E-state index in [1.807, 2.05) is 0 Å². The Morgan fingerprint density at radius 2 is 2.12 bits per heavy atom. The van der Waals surface area contributed by atoms with E-state index in [-0.39, 0.29) is 5.97 Å². The monoisotopic (exact) mass is 235 g/mol. The largest absolute Gasteiger partial charge is 0.469 e. The molecule has 1 rings (SSSR count). The molecule has 3 nitrogen and oxygen atoms in total. The number of carbonyl (C=O) groups excluding carboxylic acids is 1. The number of nitrogens with one attached hydrogen (secondary N) is 1. The van der Waals surface area contributed by atoms with Gasteiger partial charge in [0.05, 0.1) is 7.11 Å². The van der Waals surface area contributed by atoms with Crippen molar-refractivity contribution in [3.05, 3.63) is 34.9 Å². The Morgan fingerprint density at radius 1 is 1.35 bits per heavy atom. The van der Waals surface area contributed by atoms with Crippen LogP contribution in [0.1, 0.15) is 29.5 Å². The lowest BCUT2D eigenvalue weighted by molar-refractivity contribution is -0.140. The molecule has 0 radical (unpaired) electrons. The summed E-state index contributed by atoms with van der Waals surface area (Å²) in [5.41, 5.74) is 3.90. The van der Waals surface area contributed by atoms with E-state index < -0.39 is 0 Å². The predicted molar refractivity (Wildman–Crippen MR) is 68.9 cm³/mol. The van der Waals surface area contributed by atoms with E-state index in [2.05, 4.69) is 42.1 Å². The number of esters is 1. The van der Waals surface area contributed by atoms with Crippen molar-refractivity contribution in [3.8, 4) is 0 Å². The Labute approximate surface area is 103 Å². The summed E-state index contributed by atoms with van der Waals surface area (Å²) in [5, 5.41) is 3.34. The third-order valence-corrected chi connectivity index (χ3v) is 2.78. The van der Waals surface area contributed by atoms with E-state index in [4.69, 9.17) is 0 Å². The molecular formula is C14H21NO2. The van der Waals surface area contributed by atoms with Gasteiger partial charge in [-0.15, -0.1) is 0 Å². The van der Waals surface area contributed by atoms with E-state index in [0.29, 0.717) is 6.42 Å². The Hall–Kier alpha value is -1.35. The minimum atomic E-state index is -0.140. The van der Waals surface area contributed by atoms with Gasteiger partial charge in [0.25, 0.3) is 0 Å². The van der Waals surface area contributed by atoms with Crippen LogP contribution in [0, 0.1) is 13.8 Å². The highest BCUT2D eigenvalue weighted by Crippen LogP contribution is 2.10. The molecule has 0 amide bonds. The van der Waals surface area contributed by atoms with Gasteiger partial charge in [0.2, 0.25) is 0 Å². The first-order valence-electron chi connectivity index (χ1n) is 5.97. The Kier molecular flexibility index (Phi) is 5.70. The second-order valence-electron chi connectivity index (χ2n) is 4.29. The second kappa shape index (κ2) is 7.07. The lowest BCUT2D eigenvalue weighted by Gasteiger charge is -2.08. The summed E-state index contributed by atoms with van der Waals surface area (Å²) in [5.74, 6) is -0.140. The normalized spacial score (nSPS) is 10.3. The van der Waals surface area contributed by atoms with E-state index in [1.54, 1.807) is 0 Å². The molecule has 0 saturated heterocycles. The summed E-state index contributed by atoms with van der Waals surface area (Å²) in [6.07, 6.45) is 1.30. The first-order valence-corrected chi connectivity index (χ1v) is 5.97. The van der Waals surface area contributed by atoms with Crippen molar-refractivity contribution in [3.63, 3.8) is 0 Å². The smallest absolute Gasteiger partial charge is 0.305 e. The van der Waals surface area contributed by atoms with Crippen LogP contribution in [-0.4, -0.2) is 19.6 Å². The minimum absolute atomic E-state index is 0.140. The van der Waals surface area contributed by atoms with Crippen LogP contribution in [0.25, 0.3) is 0 Å². The first kappa shape index (κ1) is 13.7. The standard InChI is InChI=1S/C14H21NO2/c1-11-6-7-12(2)13(9-11)10-15-8-4-5-14(16)17-3/h6-7,9,15H,4-5,8,10H2,1-3H3. The van der Waals surface area contributed by atoms with Crippen molar-refractivity contribution in [2.75, 3.05) is 13.7 Å². The molecule has 0 atom stereocenters. The number of methoxy groups -OCH3 is 1. The fourth-order valence-electron chi connectivity index (χ4n) is 1.67. The lowest BCUT2D eigenvalue weighted by atomic mass is 10.1. The van der Waals surface area contributed by atoms with Gasteiger partial charge in [-0.05, 0) is 37.9 Å². The van der Waals surface area contributed by atoms with E-state index in [9.17, 15) is 4.79 Å². The van der Waals surface area contributed by atoms with Gasteiger partial charge in [0, 0.05) is 13.0 Å². The number of ether oxygens (including phenoxy) is 1. The molecule has 0 aromatic heterocycles. The number of benzene rings is 1. The van der Waals surface area contributed by atoms with Gasteiger partial charge in [0.15, 0.2) is 0 Å². The molecule has 0 heterocycles. The SMILES string of the molecule is COC(=O)CCCNCc1cc(C)ccc1C. The fraction of sp³-hybridized carbons (Fsp3) is 0.500. The highest BCUT2D eigenvalue weighted by atomic mass is 16.5. The third-order valence-electron chi connectivity index (χ3n) is 2.78. The van der Waals surface area contributed by atoms with Gasteiger partial charge in [-0.2, -0.15) is 0 Å². The van der Waals surface area contributed by atoms with Gasteiger partial charge in [-0.25, -0.2) is 0 Å². The molecular weight excluding hydrogens is 214 g/mol. The van der Waals surface area contributed by atoms with Crippen LogP contribution in [-0.2, 0) is 16.1 Å². The Morgan fingerprint density at radius 3 is 2.82 bits per heavy atom. The maximum absolute atomic E-state index is 10.9. The van der Waals surface area contributed by atoms with Gasteiger partial charge in [0.1, 0.15) is 0 Å². The molecule has 0 unspecified atom stereocenters. The Balaban J connectivity index is 2.26. The molecule has 0 aliphatic carbocycles. The van der Waals surface area contributed by atoms with Crippen molar-refractivity contribution < 1.29 is 9.53 Å². The van der Waals surface area contributed by atoms with Crippen LogP contribution >= 0.6 is 0 Å². The minimum Gasteiger partial charge on any atom is -0.469 e. The zero-order chi connectivity index (χ0) is 12.7. The van der Waals surface area contributed by atoms with E-state index >= 15 is 0 Å². The summed E-state index contributed by atoms with van der Waals surface area (Å²) in [7, 11) is 1.42. The summed E-state index contributed by atoms with van der Waals surface area (Å²) >= 11 is 0. The van der Waals surface area contributed by atoms with E-state index in [1.165, 1.54) is 23.8 Å². The molecule has 1 N–H and O–H groups in total. The quantitative estimate of drug-likeness (QED) is 0.607. The molecule has 0 aliphatic heterocycles. The fourth-order valence-corrected chi connectivity index (χ4v) is 1.67. The summed E-state index contributed by atoms with van der Waals surface area (Å²) < 4.78 is 4.58. The van der Waals surface area contributed by atoms with Gasteiger partial charge >= 0.3 is 5.97 Å². The topological polar surface area (TPSA) is 38.3 Å². The van der Waals surface area contributed by atoms with Gasteiger partial charge in [-0.1, -0.05) is 23.8 Å². The highest BCUT2D eigenvalue weighted by Gasteiger charge is 2.00. The number of carbonyl (C=O) groups is 1. The first-order chi connectivity index (χ1) is 8.13. The van der Waals surface area contributed by atoms with E-state index in [0.717, 1.165) is 19.5 Å². The van der Waals surface area contributed by atoms with Crippen molar-refractivity contribution in [1.82, 2.24) is 5.32 Å². The highest BCUT2D eigenvalue weighted by molar-refractivity contribution is 5.69. The predicted octanol–water partition coefficient (Wildman–Crippen LogP) is 2.35. The number of rotatable bonds is 6. The van der Waals surface area contributed by atoms with Crippen LogP contribution in [0.5, 0.6) is 0 Å². The lowest BCUT2D eigenvalue weighted by Crippen LogP contribution is -2.16. The van der Waals surface area contributed by atoms with Gasteiger partial charge < -0.3 is 10.1 Å². The molecule has 1 aromatic carbocycles. The molecule has 1 aromatic rings. The molecule has 0 spiro atoms. The number of aryl methyl sites for hydroxylation is 2. The Bertz CT molecular complexity index is 374. The summed E-state index contributed by atoms with van der Waals surface area (Å²) in [6.45, 7) is 5.91. The maximum Gasteiger partial charge on any atom is 0.305 e. The van der Waals surface area contributed by atoms with Crippen molar-refractivity contribution >= 4 is 5.97 Å². The molecule has 0 saturated carbocycles. The van der Waals surface area contributed by atoms with Crippen LogP contribution in [0.3, 0.4) is 0 Å². The zero-order valence-electron chi connectivity index (χ0n) is 10.9. The molecule has 94 valence electrons. The molecule has 0 fully saturated rings.